The van der Waals surface area contributed by atoms with E-state index in [4.69, 9.17) is 0 Å². The zero-order valence-electron chi connectivity index (χ0n) is 9.40. The Hall–Kier alpha value is -1.49. The normalized spacial score (nSPS) is 24.7. The van der Waals surface area contributed by atoms with E-state index in [1.165, 1.54) is 19.1 Å². The largest absolute Gasteiger partial charge is 0.386 e. The maximum Gasteiger partial charge on any atom is 0.276 e. The van der Waals surface area contributed by atoms with Gasteiger partial charge in [0.05, 0.1) is 16.1 Å². The van der Waals surface area contributed by atoms with Crippen molar-refractivity contribution in [1.82, 2.24) is 0 Å². The van der Waals surface area contributed by atoms with E-state index < -0.39 is 10.5 Å². The molecule has 16 heavy (non-hydrogen) atoms. The molecule has 5 heteroatoms. The molecule has 0 bridgehead atoms. The maximum atomic E-state index is 11.7. The van der Waals surface area contributed by atoms with Crippen LogP contribution < -0.4 is 0 Å². The molecule has 1 aliphatic carbocycles. The molecule has 1 aliphatic rings. The fourth-order valence-corrected chi connectivity index (χ4v) is 1.66. The van der Waals surface area contributed by atoms with Gasteiger partial charge in [0.15, 0.2) is 5.78 Å². The highest BCUT2D eigenvalue weighted by Crippen LogP contribution is 2.28. The van der Waals surface area contributed by atoms with Gasteiger partial charge in [-0.25, -0.2) is 0 Å². The predicted molar refractivity (Wildman–Crippen MR) is 58.3 cm³/mol. The summed E-state index contributed by atoms with van der Waals surface area (Å²) in [5, 5.41) is 20.5. The van der Waals surface area contributed by atoms with Crippen molar-refractivity contribution in [3.05, 3.63) is 33.5 Å². The number of hydrogen-bond donors (Lipinski definition) is 1. The number of nitrogens with zero attached hydrogens (tertiary/aromatic N) is 1. The average molecular weight is 225 g/mol. The van der Waals surface area contributed by atoms with Crippen LogP contribution in [0.15, 0.2) is 23.4 Å². The number of carbonyl (C=O) groups is 1. The van der Waals surface area contributed by atoms with Crippen LogP contribution in [-0.2, 0) is 4.79 Å². The molecule has 0 aromatic rings. The number of rotatable bonds is 4. The van der Waals surface area contributed by atoms with E-state index in [0.717, 1.165) is 0 Å². The lowest BCUT2D eigenvalue weighted by Crippen LogP contribution is -2.28. The van der Waals surface area contributed by atoms with Crippen LogP contribution in [-0.4, -0.2) is 21.4 Å². The van der Waals surface area contributed by atoms with Crippen molar-refractivity contribution in [2.45, 2.75) is 38.7 Å². The second kappa shape index (κ2) is 4.57. The van der Waals surface area contributed by atoms with Crippen molar-refractivity contribution in [3.8, 4) is 0 Å². The Balaban J connectivity index is 3.09. The molecule has 0 fully saturated rings. The number of ketones is 1. The van der Waals surface area contributed by atoms with Gasteiger partial charge in [-0.05, 0) is 19.4 Å². The van der Waals surface area contributed by atoms with Gasteiger partial charge in [-0.15, -0.1) is 0 Å². The van der Waals surface area contributed by atoms with E-state index in [9.17, 15) is 20.0 Å². The van der Waals surface area contributed by atoms with Gasteiger partial charge >= 0.3 is 0 Å². The zero-order valence-corrected chi connectivity index (χ0v) is 9.40. The molecule has 0 saturated heterocycles. The van der Waals surface area contributed by atoms with Crippen molar-refractivity contribution in [2.75, 3.05) is 0 Å². The van der Waals surface area contributed by atoms with Crippen LogP contribution >= 0.6 is 0 Å². The summed E-state index contributed by atoms with van der Waals surface area (Å²) in [6, 6.07) is 0. The topological polar surface area (TPSA) is 80.4 Å². The van der Waals surface area contributed by atoms with Crippen LogP contribution in [0.3, 0.4) is 0 Å². The molecular weight excluding hydrogens is 210 g/mol. The second-order valence-corrected chi connectivity index (χ2v) is 4.16. The molecule has 0 spiro atoms. The third-order valence-electron chi connectivity index (χ3n) is 2.45. The monoisotopic (exact) mass is 225 g/mol. The molecule has 88 valence electrons. The van der Waals surface area contributed by atoms with E-state index in [1.807, 2.05) is 6.92 Å². The number of hydrogen-bond acceptors (Lipinski definition) is 4. The molecule has 1 rings (SSSR count). The van der Waals surface area contributed by atoms with Gasteiger partial charge in [-0.1, -0.05) is 6.92 Å². The summed E-state index contributed by atoms with van der Waals surface area (Å²) in [6.07, 6.45) is 3.49. The molecule has 0 aromatic heterocycles. The van der Waals surface area contributed by atoms with Gasteiger partial charge in [-0.2, -0.15) is 0 Å². The summed E-state index contributed by atoms with van der Waals surface area (Å²) in [5.41, 5.74) is -1.23. The van der Waals surface area contributed by atoms with E-state index in [2.05, 4.69) is 0 Å². The first-order valence-electron chi connectivity index (χ1n) is 5.19. The summed E-state index contributed by atoms with van der Waals surface area (Å²) in [6.45, 7) is 3.36. The molecule has 0 amide bonds. The van der Waals surface area contributed by atoms with Crippen molar-refractivity contribution in [3.63, 3.8) is 0 Å². The van der Waals surface area contributed by atoms with Gasteiger partial charge in [0, 0.05) is 18.9 Å². The summed E-state index contributed by atoms with van der Waals surface area (Å²) < 4.78 is 0. The lowest BCUT2D eigenvalue weighted by Gasteiger charge is -2.23. The number of carbonyl (C=O) groups excluding carboxylic acids is 1. The third-order valence-corrected chi connectivity index (χ3v) is 2.45. The van der Waals surface area contributed by atoms with Crippen LogP contribution in [0, 0.1) is 10.1 Å². The highest BCUT2D eigenvalue weighted by molar-refractivity contribution is 5.96. The Morgan fingerprint density at radius 3 is 2.81 bits per heavy atom. The first-order chi connectivity index (χ1) is 7.37. The minimum atomic E-state index is -1.17. The standard InChI is InChI=1S/C11H15NO4/c1-3-4-10(13)8-7-11(2,14)6-5-9(8)12(15)16/h5-6,14H,3-4,7H2,1-2H3. The minimum Gasteiger partial charge on any atom is -0.386 e. The lowest BCUT2D eigenvalue weighted by molar-refractivity contribution is -0.420. The predicted octanol–water partition coefficient (Wildman–Crippen LogP) is 1.60. The minimum absolute atomic E-state index is 0.0125. The van der Waals surface area contributed by atoms with E-state index in [-0.39, 0.29) is 29.9 Å². The van der Waals surface area contributed by atoms with Gasteiger partial charge in [0.25, 0.3) is 5.70 Å². The summed E-state index contributed by atoms with van der Waals surface area (Å²) in [5.74, 6) is -0.251. The first kappa shape index (κ1) is 12.6. The lowest BCUT2D eigenvalue weighted by atomic mass is 9.87. The smallest absolute Gasteiger partial charge is 0.276 e. The molecule has 5 nitrogen and oxygen atoms in total. The van der Waals surface area contributed by atoms with E-state index in [1.54, 1.807) is 0 Å². The fourth-order valence-electron chi connectivity index (χ4n) is 1.66. The number of allylic oxidation sites excluding steroid dienone is 1. The van der Waals surface area contributed by atoms with E-state index >= 15 is 0 Å². The van der Waals surface area contributed by atoms with E-state index in [0.29, 0.717) is 6.42 Å². The van der Waals surface area contributed by atoms with Crippen molar-refractivity contribution >= 4 is 5.78 Å². The molecule has 1 N–H and O–H groups in total. The Morgan fingerprint density at radius 1 is 1.69 bits per heavy atom. The van der Waals surface area contributed by atoms with Crippen molar-refractivity contribution < 1.29 is 14.8 Å². The molecule has 0 aliphatic heterocycles. The highest BCUT2D eigenvalue weighted by atomic mass is 16.6. The average Bonchev–Trinajstić information content (AvgIpc) is 2.16. The van der Waals surface area contributed by atoms with Crippen molar-refractivity contribution in [1.29, 1.82) is 0 Å². The molecule has 1 atom stereocenters. The van der Waals surface area contributed by atoms with Gasteiger partial charge < -0.3 is 5.11 Å². The van der Waals surface area contributed by atoms with Crippen LogP contribution in [0.5, 0.6) is 0 Å². The molecule has 0 aromatic carbocycles. The fraction of sp³-hybridized carbons (Fsp3) is 0.545. The number of aliphatic hydroxyl groups is 1. The maximum absolute atomic E-state index is 11.7. The quantitative estimate of drug-likeness (QED) is 0.582. The second-order valence-electron chi connectivity index (χ2n) is 4.16. The molecule has 0 saturated carbocycles. The molecular formula is C11H15NO4. The molecule has 0 heterocycles. The summed E-state index contributed by atoms with van der Waals surface area (Å²) >= 11 is 0. The van der Waals surface area contributed by atoms with Crippen LogP contribution in [0.2, 0.25) is 0 Å². The Morgan fingerprint density at radius 2 is 2.31 bits per heavy atom. The van der Waals surface area contributed by atoms with Crippen LogP contribution in [0.25, 0.3) is 0 Å². The number of nitro groups is 1. The van der Waals surface area contributed by atoms with Crippen LogP contribution in [0.4, 0.5) is 0 Å². The zero-order chi connectivity index (χ0) is 12.3. The van der Waals surface area contributed by atoms with Gasteiger partial charge in [0.1, 0.15) is 0 Å². The van der Waals surface area contributed by atoms with Crippen molar-refractivity contribution in [2.24, 2.45) is 0 Å². The number of Topliss-reactive ketones (excluding diaryl/α,β-unsaturated/α-hetero) is 1. The highest BCUT2D eigenvalue weighted by Gasteiger charge is 2.32. The Kier molecular flexibility index (Phi) is 3.59. The van der Waals surface area contributed by atoms with Gasteiger partial charge in [0.2, 0.25) is 0 Å². The third kappa shape index (κ3) is 2.76. The summed E-state index contributed by atoms with van der Waals surface area (Å²) in [4.78, 5) is 21.9. The molecule has 0 radical (unpaired) electrons. The van der Waals surface area contributed by atoms with Gasteiger partial charge in [-0.3, -0.25) is 14.9 Å². The summed E-state index contributed by atoms with van der Waals surface area (Å²) in [7, 11) is 0. The SMILES string of the molecule is CCCC(=O)C1=C([N+](=O)[O-])C=CC(C)(O)C1. The molecule has 1 unspecified atom stereocenters. The Labute approximate surface area is 93.6 Å². The first-order valence-corrected chi connectivity index (χ1v) is 5.19. The Bertz CT molecular complexity index is 379. The van der Waals surface area contributed by atoms with Crippen LogP contribution in [0.1, 0.15) is 33.1 Å².